The lowest BCUT2D eigenvalue weighted by molar-refractivity contribution is 0.639. The minimum Gasteiger partial charge on any atom is -0.268 e. The van der Waals surface area contributed by atoms with Gasteiger partial charge in [0.1, 0.15) is 5.82 Å². The molecule has 2 nitrogen and oxygen atoms in total. The van der Waals surface area contributed by atoms with Crippen LogP contribution in [0.5, 0.6) is 0 Å². The molecule has 4 heteroatoms. The van der Waals surface area contributed by atoms with Crippen molar-refractivity contribution in [3.63, 3.8) is 0 Å². The van der Waals surface area contributed by atoms with Crippen molar-refractivity contribution in [3.8, 4) is 0 Å². The standard InChI is InChI=1S/C8H6BrFN2.C2H6/c1-12-8-3-5(9)2-7(10)6(8)4-11-12;1-2/h2-4H,1H3;1-2H3. The molecule has 1 aromatic carbocycles. The lowest BCUT2D eigenvalue weighted by Gasteiger charge is -1.96. The van der Waals surface area contributed by atoms with Gasteiger partial charge in [0.25, 0.3) is 0 Å². The molecule has 0 saturated heterocycles. The van der Waals surface area contributed by atoms with Crippen LogP contribution in [0.15, 0.2) is 22.8 Å². The van der Waals surface area contributed by atoms with Crippen LogP contribution in [0.25, 0.3) is 10.9 Å². The molecule has 76 valence electrons. The second kappa shape index (κ2) is 4.55. The molecule has 1 aromatic heterocycles. The van der Waals surface area contributed by atoms with E-state index in [0.717, 1.165) is 9.99 Å². The first kappa shape index (κ1) is 11.2. The Balaban J connectivity index is 0.000000461. The van der Waals surface area contributed by atoms with Crippen LogP contribution in [-0.4, -0.2) is 9.78 Å². The van der Waals surface area contributed by atoms with E-state index in [0.29, 0.717) is 5.39 Å². The van der Waals surface area contributed by atoms with Gasteiger partial charge in [-0.3, -0.25) is 4.68 Å². The quantitative estimate of drug-likeness (QED) is 0.708. The maximum Gasteiger partial charge on any atom is 0.135 e. The molecule has 14 heavy (non-hydrogen) atoms. The largest absolute Gasteiger partial charge is 0.268 e. The number of hydrogen-bond donors (Lipinski definition) is 0. The molecule has 0 spiro atoms. The van der Waals surface area contributed by atoms with Gasteiger partial charge in [-0.2, -0.15) is 5.10 Å². The van der Waals surface area contributed by atoms with E-state index in [4.69, 9.17) is 0 Å². The monoisotopic (exact) mass is 258 g/mol. The molecule has 2 aromatic rings. The lowest BCUT2D eigenvalue weighted by atomic mass is 10.2. The smallest absolute Gasteiger partial charge is 0.135 e. The van der Waals surface area contributed by atoms with Crippen molar-refractivity contribution in [1.82, 2.24) is 9.78 Å². The molecule has 0 aliphatic rings. The minimum atomic E-state index is -0.243. The highest BCUT2D eigenvalue weighted by molar-refractivity contribution is 9.10. The summed E-state index contributed by atoms with van der Waals surface area (Å²) in [5.74, 6) is -0.243. The molecule has 0 atom stereocenters. The van der Waals surface area contributed by atoms with Crippen molar-refractivity contribution in [2.75, 3.05) is 0 Å². The van der Waals surface area contributed by atoms with Gasteiger partial charge in [-0.05, 0) is 12.1 Å². The highest BCUT2D eigenvalue weighted by Gasteiger charge is 2.05. The SMILES string of the molecule is CC.Cn1ncc2c(F)cc(Br)cc21. The Bertz CT molecular complexity index is 437. The fraction of sp³-hybridized carbons (Fsp3) is 0.300. The molecule has 0 unspecified atom stereocenters. The summed E-state index contributed by atoms with van der Waals surface area (Å²) in [7, 11) is 1.79. The van der Waals surface area contributed by atoms with E-state index in [9.17, 15) is 4.39 Å². The van der Waals surface area contributed by atoms with Gasteiger partial charge < -0.3 is 0 Å². The first-order valence-corrected chi connectivity index (χ1v) is 5.24. The summed E-state index contributed by atoms with van der Waals surface area (Å²) in [6, 6.07) is 3.27. The van der Waals surface area contributed by atoms with Crippen LogP contribution in [0.2, 0.25) is 0 Å². The maximum atomic E-state index is 13.2. The first-order valence-electron chi connectivity index (χ1n) is 4.45. The average Bonchev–Trinajstić information content (AvgIpc) is 2.52. The highest BCUT2D eigenvalue weighted by atomic mass is 79.9. The van der Waals surface area contributed by atoms with Crippen molar-refractivity contribution < 1.29 is 4.39 Å². The number of aromatic nitrogens is 2. The molecule has 0 amide bonds. The van der Waals surface area contributed by atoms with Crippen LogP contribution in [0.1, 0.15) is 13.8 Å². The summed E-state index contributed by atoms with van der Waals surface area (Å²) in [6.07, 6.45) is 1.52. The van der Waals surface area contributed by atoms with Gasteiger partial charge in [-0.25, -0.2) is 4.39 Å². The Morgan fingerprint density at radius 3 is 2.64 bits per heavy atom. The number of benzene rings is 1. The normalized spacial score (nSPS) is 9.79. The summed E-state index contributed by atoms with van der Waals surface area (Å²) in [4.78, 5) is 0. The predicted molar refractivity (Wildman–Crippen MR) is 59.7 cm³/mol. The molecule has 1 heterocycles. The number of fused-ring (bicyclic) bond motifs is 1. The van der Waals surface area contributed by atoms with Gasteiger partial charge in [0.2, 0.25) is 0 Å². The van der Waals surface area contributed by atoms with Crippen LogP contribution in [0.3, 0.4) is 0 Å². The average molecular weight is 259 g/mol. The van der Waals surface area contributed by atoms with E-state index in [1.165, 1.54) is 12.3 Å². The molecule has 0 aliphatic carbocycles. The zero-order valence-electron chi connectivity index (χ0n) is 8.38. The molecular formula is C10H12BrFN2. The van der Waals surface area contributed by atoms with Gasteiger partial charge in [-0.1, -0.05) is 29.8 Å². The third kappa shape index (κ3) is 1.95. The molecular weight excluding hydrogens is 247 g/mol. The number of aryl methyl sites for hydroxylation is 1. The first-order chi connectivity index (χ1) is 6.68. The van der Waals surface area contributed by atoms with E-state index < -0.39 is 0 Å². The van der Waals surface area contributed by atoms with Crippen molar-refractivity contribution in [1.29, 1.82) is 0 Å². The number of hydrogen-bond acceptors (Lipinski definition) is 1. The van der Waals surface area contributed by atoms with Crippen molar-refractivity contribution in [2.24, 2.45) is 7.05 Å². The third-order valence-electron chi connectivity index (χ3n) is 1.78. The fourth-order valence-corrected chi connectivity index (χ4v) is 1.59. The van der Waals surface area contributed by atoms with Crippen molar-refractivity contribution in [3.05, 3.63) is 28.6 Å². The predicted octanol–water partition coefficient (Wildman–Crippen LogP) is 3.50. The molecule has 0 radical (unpaired) electrons. The molecule has 2 rings (SSSR count). The molecule has 0 fully saturated rings. The third-order valence-corrected chi connectivity index (χ3v) is 2.24. The van der Waals surface area contributed by atoms with Gasteiger partial charge in [0, 0.05) is 11.5 Å². The van der Waals surface area contributed by atoms with E-state index in [2.05, 4.69) is 21.0 Å². The Kier molecular flexibility index (Phi) is 3.63. The van der Waals surface area contributed by atoms with E-state index >= 15 is 0 Å². The summed E-state index contributed by atoms with van der Waals surface area (Å²) >= 11 is 3.22. The van der Waals surface area contributed by atoms with Crippen molar-refractivity contribution in [2.45, 2.75) is 13.8 Å². The molecule has 0 aliphatic heterocycles. The maximum absolute atomic E-state index is 13.2. The Hall–Kier alpha value is -0.900. The van der Waals surface area contributed by atoms with Gasteiger partial charge >= 0.3 is 0 Å². The van der Waals surface area contributed by atoms with E-state index in [1.54, 1.807) is 11.7 Å². The number of halogens is 2. The number of rotatable bonds is 0. The van der Waals surface area contributed by atoms with Crippen molar-refractivity contribution >= 4 is 26.8 Å². The lowest BCUT2D eigenvalue weighted by Crippen LogP contribution is -1.88. The molecule has 0 N–H and O–H groups in total. The van der Waals surface area contributed by atoms with Crippen LogP contribution in [-0.2, 0) is 7.05 Å². The highest BCUT2D eigenvalue weighted by Crippen LogP contribution is 2.22. The summed E-state index contributed by atoms with van der Waals surface area (Å²) < 4.78 is 15.6. The number of nitrogens with zero attached hydrogens (tertiary/aromatic N) is 2. The van der Waals surface area contributed by atoms with Crippen LogP contribution < -0.4 is 0 Å². The summed E-state index contributed by atoms with van der Waals surface area (Å²) in [5.41, 5.74) is 0.793. The van der Waals surface area contributed by atoms with Gasteiger partial charge in [0.15, 0.2) is 0 Å². The van der Waals surface area contributed by atoms with Crippen LogP contribution in [0, 0.1) is 5.82 Å². The second-order valence-electron chi connectivity index (χ2n) is 2.59. The Morgan fingerprint density at radius 1 is 1.36 bits per heavy atom. The summed E-state index contributed by atoms with van der Waals surface area (Å²) in [5, 5.41) is 4.51. The van der Waals surface area contributed by atoms with Crippen LogP contribution >= 0.6 is 15.9 Å². The second-order valence-corrected chi connectivity index (χ2v) is 3.50. The minimum absolute atomic E-state index is 0.243. The van der Waals surface area contributed by atoms with Crippen LogP contribution in [0.4, 0.5) is 4.39 Å². The Labute approximate surface area is 90.9 Å². The fourth-order valence-electron chi connectivity index (χ4n) is 1.17. The van der Waals surface area contributed by atoms with E-state index in [1.807, 2.05) is 19.9 Å². The molecule has 0 saturated carbocycles. The molecule has 0 bridgehead atoms. The van der Waals surface area contributed by atoms with Gasteiger partial charge in [-0.15, -0.1) is 0 Å². The summed E-state index contributed by atoms with van der Waals surface area (Å²) in [6.45, 7) is 4.00. The van der Waals surface area contributed by atoms with Gasteiger partial charge in [0.05, 0.1) is 17.1 Å². The van der Waals surface area contributed by atoms with E-state index in [-0.39, 0.29) is 5.82 Å². The Morgan fingerprint density at radius 2 is 2.00 bits per heavy atom. The zero-order valence-corrected chi connectivity index (χ0v) is 9.97. The zero-order chi connectivity index (χ0) is 10.7. The topological polar surface area (TPSA) is 17.8 Å².